The molecule has 0 atom stereocenters. The maximum atomic E-state index is 13.2. The molecule has 2 aromatic heterocycles. The molecule has 2 aromatic carbocycles. The number of fused-ring (bicyclic) bond motifs is 1. The number of anilines is 1. The zero-order valence-corrected chi connectivity index (χ0v) is 19.3. The summed E-state index contributed by atoms with van der Waals surface area (Å²) >= 11 is 0. The molecule has 0 spiro atoms. The van der Waals surface area contributed by atoms with Crippen molar-refractivity contribution in [3.8, 4) is 0 Å². The van der Waals surface area contributed by atoms with Crippen LogP contribution < -0.4 is 5.32 Å². The van der Waals surface area contributed by atoms with Crippen molar-refractivity contribution in [2.45, 2.75) is 26.4 Å². The Morgan fingerprint density at radius 2 is 1.97 bits per heavy atom. The minimum Gasteiger partial charge on any atom is -0.375 e. The summed E-state index contributed by atoms with van der Waals surface area (Å²) in [5.41, 5.74) is 4.65. The second-order valence-electron chi connectivity index (χ2n) is 8.00. The van der Waals surface area contributed by atoms with Crippen LogP contribution in [-0.4, -0.2) is 57.3 Å². The largest absolute Gasteiger partial charge is 0.375 e. The molecule has 4 aromatic rings. The Kier molecular flexibility index (Phi) is 6.98. The average Bonchev–Trinajstić information content (AvgIpc) is 3.43. The van der Waals surface area contributed by atoms with Crippen molar-refractivity contribution in [1.82, 2.24) is 24.8 Å². The number of carbonyl (C=O) groups is 2. The first-order valence-electron chi connectivity index (χ1n) is 10.8. The van der Waals surface area contributed by atoms with Crippen LogP contribution in [0.2, 0.25) is 0 Å². The zero-order valence-electron chi connectivity index (χ0n) is 19.3. The number of methoxy groups -OCH3 is 1. The summed E-state index contributed by atoms with van der Waals surface area (Å²) in [6.45, 7) is 2.57. The van der Waals surface area contributed by atoms with Gasteiger partial charge in [-0.1, -0.05) is 40.6 Å². The fourth-order valence-electron chi connectivity index (χ4n) is 3.72. The molecular weight excluding hydrogens is 436 g/mol. The molecule has 2 amide bonds. The Bertz CT molecular complexity index is 1300. The van der Waals surface area contributed by atoms with Crippen LogP contribution in [0.1, 0.15) is 27.3 Å². The number of hydrogen-bond acceptors (Lipinski definition) is 7. The number of aryl methyl sites for hydroxylation is 3. The minimum atomic E-state index is -0.318. The van der Waals surface area contributed by atoms with Crippen molar-refractivity contribution < 1.29 is 19.0 Å². The quantitative estimate of drug-likeness (QED) is 0.407. The van der Waals surface area contributed by atoms with E-state index >= 15 is 0 Å². The molecule has 0 radical (unpaired) electrons. The highest BCUT2D eigenvalue weighted by Crippen LogP contribution is 2.27. The molecule has 0 fully saturated rings. The molecule has 4 rings (SSSR count). The number of carbonyl (C=O) groups excluding carboxylic acids is 2. The average molecular weight is 463 g/mol. The van der Waals surface area contributed by atoms with Crippen molar-refractivity contribution in [2.24, 2.45) is 0 Å². The van der Waals surface area contributed by atoms with Gasteiger partial charge in [-0.15, -0.1) is 0 Å². The van der Waals surface area contributed by atoms with Gasteiger partial charge in [-0.05, 0) is 31.0 Å². The van der Waals surface area contributed by atoms with Gasteiger partial charge >= 0.3 is 0 Å². The lowest BCUT2D eigenvalue weighted by molar-refractivity contribution is -0.119. The number of ether oxygens (including phenoxy) is 1. The van der Waals surface area contributed by atoms with E-state index in [1.807, 2.05) is 22.8 Å². The number of hydrogen-bond donors (Lipinski definition) is 1. The molecule has 10 heteroatoms. The highest BCUT2D eigenvalue weighted by atomic mass is 16.6. The third-order valence-electron chi connectivity index (χ3n) is 5.47. The van der Waals surface area contributed by atoms with Crippen LogP contribution in [0.15, 0.2) is 53.4 Å². The normalized spacial score (nSPS) is 11.0. The Balaban J connectivity index is 1.65. The smallest absolute Gasteiger partial charge is 0.254 e. The van der Waals surface area contributed by atoms with Crippen LogP contribution in [0.25, 0.3) is 11.0 Å². The molecule has 0 aliphatic rings. The molecule has 2 heterocycles. The van der Waals surface area contributed by atoms with Gasteiger partial charge in [0.15, 0.2) is 0 Å². The van der Waals surface area contributed by atoms with Gasteiger partial charge in [-0.25, -0.2) is 9.61 Å². The third-order valence-corrected chi connectivity index (χ3v) is 5.47. The van der Waals surface area contributed by atoms with E-state index in [-0.39, 0.29) is 25.0 Å². The maximum Gasteiger partial charge on any atom is 0.254 e. The molecule has 0 saturated heterocycles. The van der Waals surface area contributed by atoms with Crippen molar-refractivity contribution in [1.29, 1.82) is 0 Å². The molecule has 1 N–H and O–H groups in total. The van der Waals surface area contributed by atoms with Gasteiger partial charge in [0.25, 0.3) is 5.91 Å². The Hall–Kier alpha value is -4.05. The van der Waals surface area contributed by atoms with Crippen LogP contribution in [0.5, 0.6) is 0 Å². The summed E-state index contributed by atoms with van der Waals surface area (Å²) in [6.07, 6.45) is 2.52. The van der Waals surface area contributed by atoms with Crippen LogP contribution >= 0.6 is 0 Å². The fraction of sp³-hybridized carbons (Fsp3) is 0.292. The standard InChI is InChI=1S/C24H26N6O4/c1-16-21(28-34-27-16)13-29(2)24(32)18-11-19-23(20(12-18)26-22(31)14-33-3)30(15-25-19)10-9-17-7-5-4-6-8-17/h4-8,11-12,15H,9-10,13-14H2,1-3H3,(H,26,31). The lowest BCUT2D eigenvalue weighted by Gasteiger charge is -2.17. The molecule has 176 valence electrons. The van der Waals surface area contributed by atoms with Crippen LogP contribution in [-0.2, 0) is 29.0 Å². The van der Waals surface area contributed by atoms with E-state index < -0.39 is 0 Å². The molecular formula is C24H26N6O4. The van der Waals surface area contributed by atoms with Gasteiger partial charge in [0.1, 0.15) is 18.0 Å². The summed E-state index contributed by atoms with van der Waals surface area (Å²) < 4.78 is 11.7. The van der Waals surface area contributed by atoms with Gasteiger partial charge in [0, 0.05) is 26.3 Å². The monoisotopic (exact) mass is 462 g/mol. The number of imidazole rings is 1. The Morgan fingerprint density at radius 1 is 1.18 bits per heavy atom. The number of nitrogens with zero attached hydrogens (tertiary/aromatic N) is 5. The van der Waals surface area contributed by atoms with E-state index in [1.54, 1.807) is 32.4 Å². The summed E-state index contributed by atoms with van der Waals surface area (Å²) in [4.78, 5) is 31.6. The third kappa shape index (κ3) is 5.12. The first kappa shape index (κ1) is 23.1. The Labute approximate surface area is 196 Å². The lowest BCUT2D eigenvalue weighted by atomic mass is 10.1. The van der Waals surface area contributed by atoms with Crippen LogP contribution in [0, 0.1) is 6.92 Å². The first-order valence-corrected chi connectivity index (χ1v) is 10.8. The van der Waals surface area contributed by atoms with Gasteiger partial charge in [0.2, 0.25) is 5.91 Å². The van der Waals surface area contributed by atoms with E-state index in [0.717, 1.165) is 11.9 Å². The van der Waals surface area contributed by atoms with E-state index in [0.29, 0.717) is 34.7 Å². The molecule has 0 unspecified atom stereocenters. The Morgan fingerprint density at radius 3 is 2.68 bits per heavy atom. The zero-order chi connectivity index (χ0) is 24.1. The molecule has 34 heavy (non-hydrogen) atoms. The number of amides is 2. The fourth-order valence-corrected chi connectivity index (χ4v) is 3.72. The lowest BCUT2D eigenvalue weighted by Crippen LogP contribution is -2.27. The maximum absolute atomic E-state index is 13.2. The van der Waals surface area contributed by atoms with E-state index in [1.165, 1.54) is 17.6 Å². The summed E-state index contributed by atoms with van der Waals surface area (Å²) in [6, 6.07) is 13.5. The minimum absolute atomic E-state index is 0.101. The molecule has 0 saturated carbocycles. The number of nitrogens with one attached hydrogen (secondary N) is 1. The summed E-state index contributed by atoms with van der Waals surface area (Å²) in [5.74, 6) is -0.563. The summed E-state index contributed by atoms with van der Waals surface area (Å²) in [5, 5.41) is 10.5. The number of rotatable bonds is 9. The van der Waals surface area contributed by atoms with Crippen molar-refractivity contribution in [3.05, 3.63) is 71.3 Å². The van der Waals surface area contributed by atoms with E-state index in [9.17, 15) is 9.59 Å². The number of aromatic nitrogens is 4. The van der Waals surface area contributed by atoms with Crippen molar-refractivity contribution in [2.75, 3.05) is 26.1 Å². The topological polar surface area (TPSA) is 115 Å². The molecule has 0 aliphatic heterocycles. The van der Waals surface area contributed by atoms with Gasteiger partial charge in [0.05, 0.1) is 29.6 Å². The second-order valence-corrected chi connectivity index (χ2v) is 8.00. The molecule has 0 aliphatic carbocycles. The summed E-state index contributed by atoms with van der Waals surface area (Å²) in [7, 11) is 3.12. The SMILES string of the molecule is COCC(=O)Nc1cc(C(=O)N(C)Cc2nonc2C)cc2ncn(CCc3ccccc3)c12. The molecule has 10 nitrogen and oxygen atoms in total. The highest BCUT2D eigenvalue weighted by Gasteiger charge is 2.20. The second kappa shape index (κ2) is 10.3. The first-order chi connectivity index (χ1) is 16.5. The van der Waals surface area contributed by atoms with Gasteiger partial charge in [-0.2, -0.15) is 0 Å². The molecule has 0 bridgehead atoms. The highest BCUT2D eigenvalue weighted by molar-refractivity contribution is 6.05. The predicted octanol–water partition coefficient (Wildman–Crippen LogP) is 2.83. The van der Waals surface area contributed by atoms with Crippen LogP contribution in [0.3, 0.4) is 0 Å². The predicted molar refractivity (Wildman–Crippen MR) is 125 cm³/mol. The van der Waals surface area contributed by atoms with Crippen molar-refractivity contribution in [3.63, 3.8) is 0 Å². The van der Waals surface area contributed by atoms with Gasteiger partial charge < -0.3 is 19.5 Å². The van der Waals surface area contributed by atoms with Crippen molar-refractivity contribution >= 4 is 28.5 Å². The van der Waals surface area contributed by atoms with E-state index in [2.05, 4.69) is 32.7 Å². The van der Waals surface area contributed by atoms with Gasteiger partial charge in [-0.3, -0.25) is 9.59 Å². The van der Waals surface area contributed by atoms with E-state index in [4.69, 9.17) is 9.37 Å². The van der Waals surface area contributed by atoms with Crippen LogP contribution in [0.4, 0.5) is 5.69 Å². The number of benzene rings is 2.